The van der Waals surface area contributed by atoms with Crippen molar-refractivity contribution in [1.29, 1.82) is 0 Å². The molecule has 0 spiro atoms. The highest BCUT2D eigenvalue weighted by Gasteiger charge is 2.31. The summed E-state index contributed by atoms with van der Waals surface area (Å²) in [6.07, 6.45) is 0. The maximum absolute atomic E-state index is 13.6. The predicted molar refractivity (Wildman–Crippen MR) is 117 cm³/mol. The Kier molecular flexibility index (Phi) is 6.51. The molecule has 3 aromatic carbocycles. The molecule has 0 aromatic heterocycles. The van der Waals surface area contributed by atoms with Gasteiger partial charge in [0.1, 0.15) is 11.6 Å². The van der Waals surface area contributed by atoms with Gasteiger partial charge in [-0.3, -0.25) is 4.31 Å². The molecule has 1 unspecified atom stereocenters. The summed E-state index contributed by atoms with van der Waals surface area (Å²) in [5.74, 6) is -0.00618. The molecule has 0 saturated carbocycles. The van der Waals surface area contributed by atoms with Crippen molar-refractivity contribution in [3.05, 3.63) is 87.6 Å². The smallest absolute Gasteiger partial charge is 0.264 e. The zero-order chi connectivity index (χ0) is 21.2. The van der Waals surface area contributed by atoms with Crippen LogP contribution in [0.5, 0.6) is 5.75 Å². The molecule has 0 N–H and O–H groups in total. The largest absolute Gasteiger partial charge is 0.497 e. The van der Waals surface area contributed by atoms with Crippen LogP contribution >= 0.6 is 27.5 Å². The van der Waals surface area contributed by atoms with Gasteiger partial charge in [0.25, 0.3) is 10.0 Å². The Labute approximate surface area is 183 Å². The van der Waals surface area contributed by atoms with Gasteiger partial charge in [0.15, 0.2) is 0 Å². The number of rotatable bonds is 6. The van der Waals surface area contributed by atoms with E-state index in [9.17, 15) is 12.8 Å². The van der Waals surface area contributed by atoms with Gasteiger partial charge in [-0.15, -0.1) is 0 Å². The van der Waals surface area contributed by atoms with Gasteiger partial charge in [0, 0.05) is 4.47 Å². The van der Waals surface area contributed by atoms with Gasteiger partial charge in [-0.2, -0.15) is 0 Å². The number of hydrogen-bond acceptors (Lipinski definition) is 3. The van der Waals surface area contributed by atoms with Crippen molar-refractivity contribution in [1.82, 2.24) is 0 Å². The molecule has 0 bridgehead atoms. The third-order valence-corrected chi connectivity index (χ3v) is 7.19. The minimum absolute atomic E-state index is 0.0906. The Morgan fingerprint density at radius 1 is 1.03 bits per heavy atom. The van der Waals surface area contributed by atoms with Crippen molar-refractivity contribution in [3.63, 3.8) is 0 Å². The van der Waals surface area contributed by atoms with Crippen LogP contribution in [-0.4, -0.2) is 15.5 Å². The molecule has 152 valence electrons. The van der Waals surface area contributed by atoms with Crippen molar-refractivity contribution in [2.75, 3.05) is 11.4 Å². The van der Waals surface area contributed by atoms with Crippen LogP contribution < -0.4 is 9.04 Å². The van der Waals surface area contributed by atoms with Gasteiger partial charge in [-0.05, 0) is 67.1 Å². The highest BCUT2D eigenvalue weighted by molar-refractivity contribution is 9.10. The highest BCUT2D eigenvalue weighted by Crippen LogP contribution is 2.35. The van der Waals surface area contributed by atoms with Gasteiger partial charge in [0.2, 0.25) is 0 Å². The molecule has 0 amide bonds. The molecule has 0 aliphatic heterocycles. The number of anilines is 1. The average Bonchev–Trinajstić information content (AvgIpc) is 2.71. The molecule has 29 heavy (non-hydrogen) atoms. The third-order valence-electron chi connectivity index (χ3n) is 4.48. The first kappa shape index (κ1) is 21.6. The molecular formula is C21H18BrClFNO3S. The van der Waals surface area contributed by atoms with E-state index >= 15 is 0 Å². The standard InChI is InChI=1S/C21H18BrClFNO3S/c1-14(15-3-9-18(28-2)10-4-15)25(17-7-5-16(22)6-8-17)29(26,27)19-11-12-21(24)20(23)13-19/h3-14H,1-2H3. The second-order valence-electron chi connectivity index (χ2n) is 6.30. The van der Waals surface area contributed by atoms with Gasteiger partial charge in [-0.25, -0.2) is 12.8 Å². The van der Waals surface area contributed by atoms with Gasteiger partial charge in [0.05, 0.1) is 28.8 Å². The topological polar surface area (TPSA) is 46.6 Å². The molecule has 0 radical (unpaired) electrons. The lowest BCUT2D eigenvalue weighted by molar-refractivity contribution is 0.414. The Morgan fingerprint density at radius 2 is 1.66 bits per heavy atom. The molecular weight excluding hydrogens is 481 g/mol. The Balaban J connectivity index is 2.13. The molecule has 3 rings (SSSR count). The first-order chi connectivity index (χ1) is 13.7. The van der Waals surface area contributed by atoms with Crippen LogP contribution in [0.15, 0.2) is 76.1 Å². The van der Waals surface area contributed by atoms with E-state index in [2.05, 4.69) is 15.9 Å². The zero-order valence-electron chi connectivity index (χ0n) is 15.6. The average molecular weight is 499 g/mol. The fourth-order valence-corrected chi connectivity index (χ4v) is 5.11. The van der Waals surface area contributed by atoms with Crippen molar-refractivity contribution in [3.8, 4) is 5.75 Å². The molecule has 0 heterocycles. The number of ether oxygens (including phenoxy) is 1. The van der Waals surface area contributed by atoms with E-state index in [0.29, 0.717) is 11.4 Å². The summed E-state index contributed by atoms with van der Waals surface area (Å²) in [7, 11) is -2.47. The van der Waals surface area contributed by atoms with E-state index in [-0.39, 0.29) is 9.92 Å². The summed E-state index contributed by atoms with van der Waals surface area (Å²) in [5.41, 5.74) is 1.24. The van der Waals surface area contributed by atoms with Gasteiger partial charge in [-0.1, -0.05) is 39.7 Å². The number of halogens is 3. The Hall–Kier alpha value is -2.09. The maximum Gasteiger partial charge on any atom is 0.264 e. The third kappa shape index (κ3) is 4.57. The first-order valence-corrected chi connectivity index (χ1v) is 11.2. The molecule has 3 aromatic rings. The minimum atomic E-state index is -4.03. The quantitative estimate of drug-likeness (QED) is 0.406. The monoisotopic (exact) mass is 497 g/mol. The van der Waals surface area contributed by atoms with Crippen molar-refractivity contribution in [2.45, 2.75) is 17.9 Å². The molecule has 4 nitrogen and oxygen atoms in total. The van der Waals surface area contributed by atoms with Gasteiger partial charge < -0.3 is 4.74 Å². The van der Waals surface area contributed by atoms with Crippen LogP contribution in [0.3, 0.4) is 0 Å². The van der Waals surface area contributed by atoms with Crippen LogP contribution in [0.4, 0.5) is 10.1 Å². The van der Waals surface area contributed by atoms with Crippen LogP contribution in [0, 0.1) is 5.82 Å². The zero-order valence-corrected chi connectivity index (χ0v) is 18.8. The summed E-state index contributed by atoms with van der Waals surface area (Å²) >= 11 is 9.21. The van der Waals surface area contributed by atoms with Crippen LogP contribution in [0.1, 0.15) is 18.5 Å². The Bertz CT molecular complexity index is 1110. The number of benzene rings is 3. The van der Waals surface area contributed by atoms with E-state index in [1.54, 1.807) is 50.4 Å². The number of hydrogen-bond donors (Lipinski definition) is 0. The maximum atomic E-state index is 13.6. The SMILES string of the molecule is COc1ccc(C(C)N(c2ccc(Br)cc2)S(=O)(=O)c2ccc(F)c(Cl)c2)cc1. The summed E-state index contributed by atoms with van der Waals surface area (Å²) in [6, 6.07) is 16.9. The number of sulfonamides is 1. The van der Waals surface area contributed by atoms with E-state index in [0.717, 1.165) is 22.2 Å². The van der Waals surface area contributed by atoms with Crippen LogP contribution in [0.25, 0.3) is 0 Å². The second kappa shape index (κ2) is 8.73. The molecule has 1 atom stereocenters. The number of methoxy groups -OCH3 is 1. The van der Waals surface area contributed by atoms with Crippen molar-refractivity contribution < 1.29 is 17.5 Å². The van der Waals surface area contributed by atoms with Crippen LogP contribution in [0.2, 0.25) is 5.02 Å². The van der Waals surface area contributed by atoms with E-state index in [1.165, 1.54) is 10.4 Å². The van der Waals surface area contributed by atoms with Crippen LogP contribution in [-0.2, 0) is 10.0 Å². The summed E-state index contributed by atoms with van der Waals surface area (Å²) in [4.78, 5) is -0.0906. The van der Waals surface area contributed by atoms with Gasteiger partial charge >= 0.3 is 0 Å². The first-order valence-electron chi connectivity index (χ1n) is 8.63. The number of nitrogens with zero attached hydrogens (tertiary/aromatic N) is 1. The lowest BCUT2D eigenvalue weighted by Gasteiger charge is -2.31. The van der Waals surface area contributed by atoms with Crippen molar-refractivity contribution in [2.24, 2.45) is 0 Å². The fraction of sp³-hybridized carbons (Fsp3) is 0.143. The van der Waals surface area contributed by atoms with Crippen molar-refractivity contribution >= 4 is 43.2 Å². The minimum Gasteiger partial charge on any atom is -0.497 e. The molecule has 8 heteroatoms. The fourth-order valence-electron chi connectivity index (χ4n) is 2.93. The highest BCUT2D eigenvalue weighted by atomic mass is 79.9. The molecule has 0 aliphatic carbocycles. The molecule has 0 saturated heterocycles. The lowest BCUT2D eigenvalue weighted by Crippen LogP contribution is -2.33. The normalized spacial score (nSPS) is 12.4. The Morgan fingerprint density at radius 3 is 2.21 bits per heavy atom. The summed E-state index contributed by atoms with van der Waals surface area (Å²) < 4.78 is 47.9. The van der Waals surface area contributed by atoms with E-state index in [1.807, 2.05) is 12.1 Å². The van der Waals surface area contributed by atoms with E-state index in [4.69, 9.17) is 16.3 Å². The predicted octanol–water partition coefficient (Wildman–Crippen LogP) is 6.21. The summed E-state index contributed by atoms with van der Waals surface area (Å²) in [6.45, 7) is 1.78. The molecule has 0 aliphatic rings. The summed E-state index contributed by atoms with van der Waals surface area (Å²) in [5, 5.41) is -0.251. The second-order valence-corrected chi connectivity index (χ2v) is 9.44. The van der Waals surface area contributed by atoms with E-state index < -0.39 is 21.9 Å². The lowest BCUT2D eigenvalue weighted by atomic mass is 10.1. The molecule has 0 fully saturated rings.